The van der Waals surface area contributed by atoms with Gasteiger partial charge in [-0.3, -0.25) is 4.79 Å². The molecular formula is C24H21ClN3O3S+. The van der Waals surface area contributed by atoms with Gasteiger partial charge in [-0.15, -0.1) is 0 Å². The van der Waals surface area contributed by atoms with E-state index in [2.05, 4.69) is 18.2 Å². The predicted molar refractivity (Wildman–Crippen MR) is 126 cm³/mol. The molecule has 0 saturated heterocycles. The van der Waals surface area contributed by atoms with Crippen LogP contribution in [-0.4, -0.2) is 40.3 Å². The van der Waals surface area contributed by atoms with Crippen molar-refractivity contribution in [3.63, 3.8) is 0 Å². The van der Waals surface area contributed by atoms with Crippen LogP contribution in [0.2, 0.25) is 5.02 Å². The fraction of sp³-hybridized carbons (Fsp3) is 0.208. The summed E-state index contributed by atoms with van der Waals surface area (Å²) in [5.74, 6) is 0.272. The van der Waals surface area contributed by atoms with Crippen LogP contribution >= 0.6 is 23.4 Å². The molecule has 5 rings (SSSR count). The molecule has 0 fully saturated rings. The van der Waals surface area contributed by atoms with Crippen molar-refractivity contribution in [1.82, 2.24) is 14.0 Å². The van der Waals surface area contributed by atoms with Gasteiger partial charge in [0, 0.05) is 23.1 Å². The molecule has 3 aliphatic rings. The number of methoxy groups -OCH3 is 1. The lowest BCUT2D eigenvalue weighted by Gasteiger charge is -2.44. The Kier molecular flexibility index (Phi) is 4.81. The van der Waals surface area contributed by atoms with Gasteiger partial charge in [-0.05, 0) is 42.5 Å². The normalized spacial score (nSPS) is 25.2. The zero-order chi connectivity index (χ0) is 22.7. The highest BCUT2D eigenvalue weighted by molar-refractivity contribution is 8.14. The van der Waals surface area contributed by atoms with Gasteiger partial charge in [0.2, 0.25) is 10.8 Å². The highest BCUT2D eigenvalue weighted by atomic mass is 35.5. The molecule has 6 nitrogen and oxygen atoms in total. The fourth-order valence-corrected chi connectivity index (χ4v) is 5.99. The van der Waals surface area contributed by atoms with Crippen LogP contribution in [0.25, 0.3) is 5.70 Å². The van der Waals surface area contributed by atoms with Gasteiger partial charge in [0.1, 0.15) is 5.03 Å². The highest BCUT2D eigenvalue weighted by Crippen LogP contribution is 2.57. The van der Waals surface area contributed by atoms with E-state index in [-0.39, 0.29) is 9.60 Å². The second-order valence-electron chi connectivity index (χ2n) is 8.10. The lowest BCUT2D eigenvalue weighted by molar-refractivity contribution is -0.138. The first kappa shape index (κ1) is 21.0. The molecule has 0 N–H and O–H groups in total. The maximum absolute atomic E-state index is 13.0. The van der Waals surface area contributed by atoms with Crippen LogP contribution < -0.4 is 4.48 Å². The van der Waals surface area contributed by atoms with E-state index in [0.29, 0.717) is 33.7 Å². The number of imidazole rings is 1. The van der Waals surface area contributed by atoms with Gasteiger partial charge < -0.3 is 4.74 Å². The summed E-state index contributed by atoms with van der Waals surface area (Å²) < 4.78 is 7.30. The molecule has 0 saturated carbocycles. The maximum atomic E-state index is 13.0. The summed E-state index contributed by atoms with van der Waals surface area (Å²) in [5, 5.41) is 1.08. The van der Waals surface area contributed by atoms with Gasteiger partial charge in [0.05, 0.1) is 26.1 Å². The van der Waals surface area contributed by atoms with Gasteiger partial charge in [-0.2, -0.15) is 4.98 Å². The number of allylic oxidation sites excluding steroid dienone is 4. The summed E-state index contributed by atoms with van der Waals surface area (Å²) in [7, 11) is 3.37. The number of likely N-dealkylation sites (N-methyl/N-ethyl adjacent to an activating group) is 1. The number of aromatic nitrogens is 2. The molecule has 0 bridgehead atoms. The van der Waals surface area contributed by atoms with Crippen molar-refractivity contribution in [2.24, 2.45) is 0 Å². The Morgan fingerprint density at radius 3 is 2.91 bits per heavy atom. The van der Waals surface area contributed by atoms with Gasteiger partial charge in [-0.25, -0.2) is 13.8 Å². The summed E-state index contributed by atoms with van der Waals surface area (Å²) in [5.41, 5.74) is 2.55. The minimum absolute atomic E-state index is 0.124. The number of nitrogens with zero attached hydrogens (tertiary/aromatic N) is 3. The number of rotatable bonds is 3. The van der Waals surface area contributed by atoms with Gasteiger partial charge in [-0.1, -0.05) is 42.0 Å². The van der Waals surface area contributed by atoms with Crippen LogP contribution in [0, 0.1) is 0 Å². The molecule has 1 spiro atoms. The molecule has 32 heavy (non-hydrogen) atoms. The smallest absolute Gasteiger partial charge is 0.393 e. The first-order chi connectivity index (χ1) is 15.3. The Labute approximate surface area is 195 Å². The Hall–Kier alpha value is -2.87. The van der Waals surface area contributed by atoms with Crippen molar-refractivity contribution in [2.45, 2.75) is 23.9 Å². The van der Waals surface area contributed by atoms with E-state index in [4.69, 9.17) is 21.3 Å². The molecule has 2 aromatic rings. The molecule has 2 unspecified atom stereocenters. The van der Waals surface area contributed by atoms with E-state index in [1.54, 1.807) is 36.5 Å². The minimum atomic E-state index is -0.547. The van der Waals surface area contributed by atoms with E-state index >= 15 is 0 Å². The van der Waals surface area contributed by atoms with E-state index in [1.165, 1.54) is 7.11 Å². The Morgan fingerprint density at radius 1 is 1.34 bits per heavy atom. The van der Waals surface area contributed by atoms with Crippen molar-refractivity contribution in [2.75, 3.05) is 14.2 Å². The number of ether oxygens (including phenoxy) is 1. The van der Waals surface area contributed by atoms with Gasteiger partial charge >= 0.3 is 11.9 Å². The van der Waals surface area contributed by atoms with Gasteiger partial charge in [0.15, 0.2) is 5.54 Å². The largest absolute Gasteiger partial charge is 0.462 e. The second kappa shape index (κ2) is 7.33. The number of quaternary nitrogens is 1. The molecule has 0 amide bonds. The summed E-state index contributed by atoms with van der Waals surface area (Å²) in [6.45, 7) is 2.05. The number of hydrogen-bond acceptors (Lipinski definition) is 5. The Bertz CT molecular complexity index is 1310. The number of carbonyl (C=O) groups is 2. The summed E-state index contributed by atoms with van der Waals surface area (Å²) in [6, 6.07) is 6.90. The number of thioether (sulfide) groups is 1. The van der Waals surface area contributed by atoms with Crippen molar-refractivity contribution >= 4 is 46.1 Å². The number of hydrogen-bond donors (Lipinski definition) is 0. The summed E-state index contributed by atoms with van der Waals surface area (Å²) in [4.78, 5) is 30.6. The molecule has 2 atom stereocenters. The Balaban J connectivity index is 1.68. The number of carbonyl (C=O) groups excluding carboxylic acids is 2. The number of fused-ring (bicyclic) bond motifs is 3. The standard InChI is InChI=1S/C24H21ClN3O3S/c1-15-7-5-11-24-12-6-10-18(21(29)31-3)28(24,2)23-26-14-19(27(23)20(15)24)32-22(30)16-8-4-9-17(25)13-16/h4-10,12-14H,11H2,1-3H3/q+1. The van der Waals surface area contributed by atoms with Crippen LogP contribution in [0.5, 0.6) is 0 Å². The van der Waals surface area contributed by atoms with E-state index in [1.807, 2.05) is 24.6 Å². The van der Waals surface area contributed by atoms with Gasteiger partial charge in [0.25, 0.3) is 0 Å². The van der Waals surface area contributed by atoms with Crippen LogP contribution in [0.1, 0.15) is 23.7 Å². The topological polar surface area (TPSA) is 61.2 Å². The highest BCUT2D eigenvalue weighted by Gasteiger charge is 2.65. The summed E-state index contributed by atoms with van der Waals surface area (Å²) in [6.07, 6.45) is 12.4. The SMILES string of the molecule is COC(=O)C1=CC=CC23CC=CC(C)=C2n2c(SC(=O)c4cccc(Cl)c4)cnc2[N+]13C. The van der Waals surface area contributed by atoms with Crippen molar-refractivity contribution < 1.29 is 14.3 Å². The Morgan fingerprint density at radius 2 is 2.16 bits per heavy atom. The first-order valence-electron chi connectivity index (χ1n) is 10.1. The van der Waals surface area contributed by atoms with E-state index in [0.717, 1.165) is 23.0 Å². The molecule has 162 valence electrons. The molecule has 1 aliphatic carbocycles. The van der Waals surface area contributed by atoms with Crippen molar-refractivity contribution in [3.05, 3.63) is 82.7 Å². The second-order valence-corrected chi connectivity index (χ2v) is 9.53. The van der Waals surface area contributed by atoms with Crippen LogP contribution in [0.15, 0.2) is 77.1 Å². The number of halogens is 1. The minimum Gasteiger partial charge on any atom is -0.462 e. The first-order valence-corrected chi connectivity index (χ1v) is 11.3. The molecular weight excluding hydrogens is 446 g/mol. The molecule has 1 aromatic carbocycles. The number of esters is 1. The molecule has 0 radical (unpaired) electrons. The third-order valence-corrected chi connectivity index (χ3v) is 7.63. The molecule has 3 heterocycles. The molecule has 1 aromatic heterocycles. The summed E-state index contributed by atoms with van der Waals surface area (Å²) >= 11 is 7.19. The molecule has 2 aliphatic heterocycles. The van der Waals surface area contributed by atoms with Crippen LogP contribution in [0.4, 0.5) is 5.95 Å². The number of benzene rings is 1. The lowest BCUT2D eigenvalue weighted by atomic mass is 9.80. The van der Waals surface area contributed by atoms with Crippen molar-refractivity contribution in [3.8, 4) is 0 Å². The van der Waals surface area contributed by atoms with E-state index < -0.39 is 11.5 Å². The third-order valence-electron chi connectivity index (χ3n) is 6.47. The molecule has 8 heteroatoms. The predicted octanol–water partition coefficient (Wildman–Crippen LogP) is 4.98. The zero-order valence-electron chi connectivity index (χ0n) is 17.8. The quantitative estimate of drug-likeness (QED) is 0.363. The average molecular weight is 467 g/mol. The monoisotopic (exact) mass is 466 g/mol. The average Bonchev–Trinajstić information content (AvgIpc) is 3.28. The van der Waals surface area contributed by atoms with E-state index in [9.17, 15) is 9.59 Å². The fourth-order valence-electron chi connectivity index (χ4n) is 4.99. The zero-order valence-corrected chi connectivity index (χ0v) is 19.4. The van der Waals surface area contributed by atoms with Crippen LogP contribution in [0.3, 0.4) is 0 Å². The lowest BCUT2D eigenvalue weighted by Crippen LogP contribution is -2.62. The van der Waals surface area contributed by atoms with Crippen LogP contribution in [-0.2, 0) is 9.53 Å². The van der Waals surface area contributed by atoms with Crippen molar-refractivity contribution in [1.29, 1.82) is 0 Å². The maximum Gasteiger partial charge on any atom is 0.393 e. The third kappa shape index (κ3) is 2.68.